The molecule has 0 aliphatic heterocycles. The van der Waals surface area contributed by atoms with Gasteiger partial charge in [0.05, 0.1) is 18.3 Å². The van der Waals surface area contributed by atoms with E-state index < -0.39 is 16.5 Å². The average molecular weight is 407 g/mol. The van der Waals surface area contributed by atoms with Crippen molar-refractivity contribution in [1.82, 2.24) is 14.8 Å². The Balaban J connectivity index is 0.00000225. The Morgan fingerprint density at radius 2 is 1.82 bits per heavy atom. The van der Waals surface area contributed by atoms with Gasteiger partial charge in [0.2, 0.25) is 5.43 Å². The Kier molecular flexibility index (Phi) is 5.54. The van der Waals surface area contributed by atoms with E-state index in [9.17, 15) is 14.4 Å². The quantitative estimate of drug-likeness (QED) is 0.346. The Hall–Kier alpha value is -2.32. The number of ether oxygens (including phenoxy) is 1. The zero-order chi connectivity index (χ0) is 19.3. The molecule has 2 heterocycles. The second kappa shape index (κ2) is 7.60. The first-order valence-electron chi connectivity index (χ1n) is 8.06. The van der Waals surface area contributed by atoms with Crippen molar-refractivity contribution in [2.75, 3.05) is 7.11 Å². The van der Waals surface area contributed by atoms with Gasteiger partial charge in [0.1, 0.15) is 16.7 Å². The second-order valence-electron chi connectivity index (χ2n) is 6.13. The number of H-pyrrole nitrogens is 2. The minimum atomic E-state index is -0.615. The maximum atomic E-state index is 13.0. The molecule has 136 valence electrons. The van der Waals surface area contributed by atoms with Crippen molar-refractivity contribution < 1.29 is 34.3 Å². The van der Waals surface area contributed by atoms with Crippen LogP contribution < -0.4 is 50.8 Å². The Labute approximate surface area is 185 Å². The standard InChI is InChI=1S/C19H14ClN3O4.Na/c1-9-7-11(27-2)4-6-14(9)23-19(26)15-16(18(25)22-23)21-13-8-10(20)3-5-12(13)17(15)24;/h3-8H,1-2H3,(H,21,24)(H,22,25);/q;+1. The molecule has 2 aromatic heterocycles. The number of hydrogen-bond donors (Lipinski definition) is 2. The second-order valence-corrected chi connectivity index (χ2v) is 6.56. The third-order valence-electron chi connectivity index (χ3n) is 4.47. The summed E-state index contributed by atoms with van der Waals surface area (Å²) in [5, 5.41) is 3.02. The number of benzene rings is 2. The Morgan fingerprint density at radius 1 is 1.07 bits per heavy atom. The first kappa shape index (κ1) is 20.4. The zero-order valence-electron chi connectivity index (χ0n) is 15.4. The van der Waals surface area contributed by atoms with Gasteiger partial charge >= 0.3 is 29.6 Å². The van der Waals surface area contributed by atoms with Crippen LogP contribution in [-0.4, -0.2) is 21.9 Å². The molecule has 0 aliphatic rings. The van der Waals surface area contributed by atoms with E-state index in [0.717, 1.165) is 4.68 Å². The number of aromatic amines is 2. The van der Waals surface area contributed by atoms with Crippen molar-refractivity contribution in [2.24, 2.45) is 0 Å². The molecule has 4 rings (SSSR count). The fraction of sp³-hybridized carbons (Fsp3) is 0.105. The number of pyridine rings is 1. The van der Waals surface area contributed by atoms with E-state index in [1.165, 1.54) is 19.2 Å². The van der Waals surface area contributed by atoms with E-state index in [2.05, 4.69) is 10.1 Å². The van der Waals surface area contributed by atoms with Crippen molar-refractivity contribution in [3.8, 4) is 11.4 Å². The predicted octanol–water partition coefficient (Wildman–Crippen LogP) is -0.505. The van der Waals surface area contributed by atoms with Crippen LogP contribution in [0.3, 0.4) is 0 Å². The molecule has 0 aliphatic carbocycles. The molecular formula is C19H14ClN3NaO4+. The SMILES string of the molecule is COc1ccc(-n2[nH]c(=O)c3[nH]c4cc(Cl)ccc4c(=O)c3c2=O)c(C)c1.[Na+]. The van der Waals surface area contributed by atoms with Crippen molar-refractivity contribution >= 4 is 33.4 Å². The number of fused-ring (bicyclic) bond motifs is 2. The number of aryl methyl sites for hydroxylation is 1. The van der Waals surface area contributed by atoms with Gasteiger partial charge in [-0.1, -0.05) is 11.6 Å². The smallest absolute Gasteiger partial charge is 0.497 e. The summed E-state index contributed by atoms with van der Waals surface area (Å²) in [5.74, 6) is 0.619. The average Bonchev–Trinajstić information content (AvgIpc) is 2.64. The number of methoxy groups -OCH3 is 1. The molecule has 0 saturated heterocycles. The Morgan fingerprint density at radius 3 is 2.50 bits per heavy atom. The van der Waals surface area contributed by atoms with E-state index >= 15 is 0 Å². The van der Waals surface area contributed by atoms with Gasteiger partial charge in [0.15, 0.2) is 0 Å². The minimum absolute atomic E-state index is 0. The number of rotatable bonds is 2. The van der Waals surface area contributed by atoms with E-state index in [1.54, 1.807) is 31.2 Å². The fourth-order valence-corrected chi connectivity index (χ4v) is 3.31. The maximum Gasteiger partial charge on any atom is 1.00 e. The van der Waals surface area contributed by atoms with Crippen LogP contribution in [0.25, 0.3) is 27.5 Å². The molecule has 0 atom stereocenters. The van der Waals surface area contributed by atoms with Gasteiger partial charge in [-0.05, 0) is 48.9 Å². The largest absolute Gasteiger partial charge is 1.00 e. The number of aromatic nitrogens is 3. The number of hydrogen-bond acceptors (Lipinski definition) is 4. The van der Waals surface area contributed by atoms with Crippen LogP contribution in [0.2, 0.25) is 5.02 Å². The monoisotopic (exact) mass is 406 g/mol. The van der Waals surface area contributed by atoms with Crippen LogP contribution >= 0.6 is 11.6 Å². The molecule has 0 fully saturated rings. The van der Waals surface area contributed by atoms with Gasteiger partial charge in [0.25, 0.3) is 11.1 Å². The molecule has 0 amide bonds. The van der Waals surface area contributed by atoms with E-state index in [1.807, 2.05) is 0 Å². The molecule has 2 N–H and O–H groups in total. The molecule has 2 aromatic carbocycles. The summed E-state index contributed by atoms with van der Waals surface area (Å²) in [5.41, 5.74) is -0.252. The molecule has 9 heteroatoms. The summed E-state index contributed by atoms with van der Waals surface area (Å²) >= 11 is 5.96. The van der Waals surface area contributed by atoms with Crippen molar-refractivity contribution in [1.29, 1.82) is 0 Å². The molecule has 0 unspecified atom stereocenters. The van der Waals surface area contributed by atoms with E-state index in [-0.39, 0.29) is 45.8 Å². The molecule has 0 spiro atoms. The summed E-state index contributed by atoms with van der Waals surface area (Å²) in [6.07, 6.45) is 0. The Bertz CT molecular complexity index is 1400. The predicted molar refractivity (Wildman–Crippen MR) is 105 cm³/mol. The first-order valence-corrected chi connectivity index (χ1v) is 8.44. The van der Waals surface area contributed by atoms with Gasteiger partial charge in [-0.25, -0.2) is 4.68 Å². The van der Waals surface area contributed by atoms with Crippen LogP contribution in [0, 0.1) is 6.92 Å². The third-order valence-corrected chi connectivity index (χ3v) is 4.70. The van der Waals surface area contributed by atoms with Crippen LogP contribution in [0.15, 0.2) is 50.8 Å². The van der Waals surface area contributed by atoms with Crippen molar-refractivity contribution in [3.63, 3.8) is 0 Å². The van der Waals surface area contributed by atoms with Gasteiger partial charge in [-0.15, -0.1) is 0 Å². The topological polar surface area (TPSA) is 96.9 Å². The molecular weight excluding hydrogens is 393 g/mol. The zero-order valence-corrected chi connectivity index (χ0v) is 18.2. The molecule has 28 heavy (non-hydrogen) atoms. The summed E-state index contributed by atoms with van der Waals surface area (Å²) < 4.78 is 6.24. The van der Waals surface area contributed by atoms with Crippen molar-refractivity contribution in [2.45, 2.75) is 6.92 Å². The maximum absolute atomic E-state index is 13.0. The normalized spacial score (nSPS) is 10.8. The molecule has 0 radical (unpaired) electrons. The van der Waals surface area contributed by atoms with Crippen molar-refractivity contribution in [3.05, 3.63) is 77.9 Å². The summed E-state index contributed by atoms with van der Waals surface area (Å²) in [4.78, 5) is 41.4. The minimum Gasteiger partial charge on any atom is -0.497 e. The molecule has 7 nitrogen and oxygen atoms in total. The number of nitrogens with one attached hydrogen (secondary N) is 2. The molecule has 0 saturated carbocycles. The molecule has 4 aromatic rings. The summed E-state index contributed by atoms with van der Waals surface area (Å²) in [6.45, 7) is 1.78. The third kappa shape index (κ3) is 3.20. The van der Waals surface area contributed by atoms with Gasteiger partial charge in [-0.3, -0.25) is 19.5 Å². The van der Waals surface area contributed by atoms with E-state index in [0.29, 0.717) is 27.5 Å². The van der Waals surface area contributed by atoms with Crippen LogP contribution in [0.4, 0.5) is 0 Å². The number of nitrogens with zero attached hydrogens (tertiary/aromatic N) is 1. The van der Waals surface area contributed by atoms with Crippen LogP contribution in [-0.2, 0) is 0 Å². The van der Waals surface area contributed by atoms with Crippen LogP contribution in [0.5, 0.6) is 5.75 Å². The van der Waals surface area contributed by atoms with E-state index in [4.69, 9.17) is 16.3 Å². The van der Waals surface area contributed by atoms with Gasteiger partial charge in [-0.2, -0.15) is 0 Å². The fourth-order valence-electron chi connectivity index (χ4n) is 3.13. The summed E-state index contributed by atoms with van der Waals surface area (Å²) in [7, 11) is 1.54. The first-order chi connectivity index (χ1) is 12.9. The van der Waals surface area contributed by atoms with Gasteiger partial charge in [0, 0.05) is 10.4 Å². The summed E-state index contributed by atoms with van der Waals surface area (Å²) in [6, 6.07) is 9.67. The molecule has 0 bridgehead atoms. The number of halogens is 1. The van der Waals surface area contributed by atoms with Crippen LogP contribution in [0.1, 0.15) is 5.56 Å². The van der Waals surface area contributed by atoms with Gasteiger partial charge < -0.3 is 9.72 Å².